The molecule has 0 saturated heterocycles. The Morgan fingerprint density at radius 1 is 1.20 bits per heavy atom. The summed E-state index contributed by atoms with van der Waals surface area (Å²) in [5, 5.41) is 3.49. The predicted molar refractivity (Wildman–Crippen MR) is 78.9 cm³/mol. The molecule has 104 valence electrons. The van der Waals surface area contributed by atoms with Crippen LogP contribution in [0, 0.1) is 19.7 Å². The van der Waals surface area contributed by atoms with Gasteiger partial charge in [-0.3, -0.25) is 0 Å². The van der Waals surface area contributed by atoms with Gasteiger partial charge in [-0.15, -0.1) is 0 Å². The lowest BCUT2D eigenvalue weighted by molar-refractivity contribution is 0.386. The lowest BCUT2D eigenvalue weighted by Gasteiger charge is -2.13. The van der Waals surface area contributed by atoms with Crippen LogP contribution >= 0.6 is 0 Å². The first-order valence-corrected chi connectivity index (χ1v) is 6.78. The minimum absolute atomic E-state index is 0.130. The summed E-state index contributed by atoms with van der Waals surface area (Å²) in [6.07, 6.45) is 0.896. The molecule has 0 bridgehead atoms. The highest BCUT2D eigenvalue weighted by atomic mass is 19.1. The second-order valence-corrected chi connectivity index (χ2v) is 5.40. The fourth-order valence-electron chi connectivity index (χ4n) is 2.94. The summed E-state index contributed by atoms with van der Waals surface area (Å²) < 4.78 is 18.8. The molecule has 1 atom stereocenters. The second kappa shape index (κ2) is 4.82. The first-order valence-electron chi connectivity index (χ1n) is 6.78. The highest BCUT2D eigenvalue weighted by molar-refractivity contribution is 5.62. The van der Waals surface area contributed by atoms with Gasteiger partial charge in [0, 0.05) is 5.69 Å². The summed E-state index contributed by atoms with van der Waals surface area (Å²) >= 11 is 0. The van der Waals surface area contributed by atoms with E-state index in [9.17, 15) is 4.39 Å². The first kappa shape index (κ1) is 13.0. The van der Waals surface area contributed by atoms with Crippen LogP contribution in [0.15, 0.2) is 30.3 Å². The largest absolute Gasteiger partial charge is 0.494 e. The number of ether oxygens (including phenoxy) is 1. The molecule has 1 aliphatic heterocycles. The van der Waals surface area contributed by atoms with E-state index in [0.717, 1.165) is 12.0 Å². The fourth-order valence-corrected chi connectivity index (χ4v) is 2.94. The van der Waals surface area contributed by atoms with Crippen LogP contribution in [0.4, 0.5) is 10.1 Å². The molecule has 3 heteroatoms. The molecule has 0 saturated carbocycles. The van der Waals surface area contributed by atoms with Gasteiger partial charge in [0.2, 0.25) is 0 Å². The van der Waals surface area contributed by atoms with Gasteiger partial charge in [0.25, 0.3) is 0 Å². The number of aryl methyl sites for hydroxylation is 2. The third-order valence-electron chi connectivity index (χ3n) is 3.93. The fraction of sp³-hybridized carbons (Fsp3) is 0.294. The number of halogens is 1. The van der Waals surface area contributed by atoms with Crippen LogP contribution < -0.4 is 10.1 Å². The molecule has 0 aromatic heterocycles. The zero-order valence-electron chi connectivity index (χ0n) is 12.0. The Hall–Kier alpha value is -2.03. The van der Waals surface area contributed by atoms with E-state index in [-0.39, 0.29) is 17.6 Å². The Labute approximate surface area is 118 Å². The van der Waals surface area contributed by atoms with Crippen LogP contribution in [0.25, 0.3) is 0 Å². The van der Waals surface area contributed by atoms with E-state index < -0.39 is 0 Å². The lowest BCUT2D eigenvalue weighted by atomic mass is 9.98. The third-order valence-corrected chi connectivity index (χ3v) is 3.93. The van der Waals surface area contributed by atoms with Crippen molar-refractivity contribution in [3.8, 4) is 5.75 Å². The van der Waals surface area contributed by atoms with Gasteiger partial charge < -0.3 is 10.1 Å². The maximum atomic E-state index is 13.8. The van der Waals surface area contributed by atoms with Crippen molar-refractivity contribution < 1.29 is 9.13 Å². The molecule has 0 aliphatic carbocycles. The van der Waals surface area contributed by atoms with Crippen molar-refractivity contribution in [2.45, 2.75) is 26.3 Å². The summed E-state index contributed by atoms with van der Waals surface area (Å²) in [5.41, 5.74) is 6.00. The summed E-state index contributed by atoms with van der Waals surface area (Å²) in [5.74, 6) is -0.0213. The standard InChI is InChI=1S/C17H18FNO/c1-10-6-11(2)13-9-15(19-16(13)7-10)12-4-5-17(20-3)14(18)8-12/h4-8,15,19H,9H2,1-3H3. The van der Waals surface area contributed by atoms with Gasteiger partial charge in [-0.2, -0.15) is 0 Å². The zero-order valence-corrected chi connectivity index (χ0v) is 12.0. The number of methoxy groups -OCH3 is 1. The Kier molecular flexibility index (Phi) is 3.13. The highest BCUT2D eigenvalue weighted by Gasteiger charge is 2.24. The summed E-state index contributed by atoms with van der Waals surface area (Å²) in [6.45, 7) is 4.22. The molecule has 1 aliphatic rings. The van der Waals surface area contributed by atoms with E-state index in [4.69, 9.17) is 4.74 Å². The number of hydrogen-bond acceptors (Lipinski definition) is 2. The maximum absolute atomic E-state index is 13.8. The molecule has 0 spiro atoms. The van der Waals surface area contributed by atoms with Crippen molar-refractivity contribution in [1.82, 2.24) is 0 Å². The van der Waals surface area contributed by atoms with Crippen molar-refractivity contribution in [3.05, 3.63) is 58.4 Å². The van der Waals surface area contributed by atoms with Crippen LogP contribution in [0.1, 0.15) is 28.3 Å². The normalized spacial score (nSPS) is 16.7. The average Bonchev–Trinajstić information content (AvgIpc) is 2.82. The number of benzene rings is 2. The molecule has 2 aromatic rings. The van der Waals surface area contributed by atoms with Crippen molar-refractivity contribution >= 4 is 5.69 Å². The number of rotatable bonds is 2. The molecule has 1 N–H and O–H groups in total. The van der Waals surface area contributed by atoms with Crippen LogP contribution in [-0.2, 0) is 6.42 Å². The van der Waals surface area contributed by atoms with Gasteiger partial charge in [-0.05, 0) is 60.7 Å². The van der Waals surface area contributed by atoms with E-state index in [1.165, 1.54) is 29.5 Å². The van der Waals surface area contributed by atoms with Crippen LogP contribution in [0.3, 0.4) is 0 Å². The Balaban J connectivity index is 1.92. The Morgan fingerprint density at radius 3 is 2.70 bits per heavy atom. The van der Waals surface area contributed by atoms with Gasteiger partial charge in [-0.25, -0.2) is 4.39 Å². The molecule has 20 heavy (non-hydrogen) atoms. The zero-order chi connectivity index (χ0) is 14.3. The predicted octanol–water partition coefficient (Wildman–Crippen LogP) is 4.16. The van der Waals surface area contributed by atoms with E-state index in [1.807, 2.05) is 6.07 Å². The van der Waals surface area contributed by atoms with Crippen LogP contribution in [-0.4, -0.2) is 7.11 Å². The van der Waals surface area contributed by atoms with E-state index in [2.05, 4.69) is 31.3 Å². The highest BCUT2D eigenvalue weighted by Crippen LogP contribution is 2.37. The van der Waals surface area contributed by atoms with Crippen LogP contribution in [0.2, 0.25) is 0 Å². The first-order chi connectivity index (χ1) is 9.58. The van der Waals surface area contributed by atoms with Crippen molar-refractivity contribution in [2.75, 3.05) is 12.4 Å². The molecule has 1 unspecified atom stereocenters. The topological polar surface area (TPSA) is 21.3 Å². The minimum atomic E-state index is -0.310. The molecule has 3 rings (SSSR count). The van der Waals surface area contributed by atoms with Crippen LogP contribution in [0.5, 0.6) is 5.75 Å². The van der Waals surface area contributed by atoms with Gasteiger partial charge in [-0.1, -0.05) is 12.1 Å². The van der Waals surface area contributed by atoms with Gasteiger partial charge in [0.1, 0.15) is 0 Å². The Bertz CT molecular complexity index is 666. The number of hydrogen-bond donors (Lipinski definition) is 1. The van der Waals surface area contributed by atoms with E-state index in [0.29, 0.717) is 0 Å². The second-order valence-electron chi connectivity index (χ2n) is 5.40. The third kappa shape index (κ3) is 2.13. The monoisotopic (exact) mass is 271 g/mol. The molecule has 2 aromatic carbocycles. The Morgan fingerprint density at radius 2 is 2.00 bits per heavy atom. The summed E-state index contributed by atoms with van der Waals surface area (Å²) in [6, 6.07) is 9.65. The minimum Gasteiger partial charge on any atom is -0.494 e. The molecule has 1 heterocycles. The summed E-state index contributed by atoms with van der Waals surface area (Å²) in [4.78, 5) is 0. The number of anilines is 1. The van der Waals surface area contributed by atoms with Gasteiger partial charge >= 0.3 is 0 Å². The molecular formula is C17H18FNO. The lowest BCUT2D eigenvalue weighted by Crippen LogP contribution is -2.06. The van der Waals surface area contributed by atoms with E-state index in [1.54, 1.807) is 12.1 Å². The molecule has 0 radical (unpaired) electrons. The van der Waals surface area contributed by atoms with Crippen molar-refractivity contribution in [2.24, 2.45) is 0 Å². The molecule has 0 amide bonds. The summed E-state index contributed by atoms with van der Waals surface area (Å²) in [7, 11) is 1.48. The number of fused-ring (bicyclic) bond motifs is 1. The van der Waals surface area contributed by atoms with Gasteiger partial charge in [0.05, 0.1) is 13.2 Å². The van der Waals surface area contributed by atoms with Crippen molar-refractivity contribution in [3.63, 3.8) is 0 Å². The average molecular weight is 271 g/mol. The smallest absolute Gasteiger partial charge is 0.165 e. The number of nitrogens with one attached hydrogen (secondary N) is 1. The SMILES string of the molecule is COc1ccc(C2Cc3c(C)cc(C)cc3N2)cc1F. The maximum Gasteiger partial charge on any atom is 0.165 e. The molecular weight excluding hydrogens is 253 g/mol. The molecule has 0 fully saturated rings. The quantitative estimate of drug-likeness (QED) is 0.885. The van der Waals surface area contributed by atoms with Crippen molar-refractivity contribution in [1.29, 1.82) is 0 Å². The van der Waals surface area contributed by atoms with Gasteiger partial charge in [0.15, 0.2) is 11.6 Å². The molecule has 2 nitrogen and oxygen atoms in total. The van der Waals surface area contributed by atoms with E-state index >= 15 is 0 Å².